The minimum atomic E-state index is -0.713. The topological polar surface area (TPSA) is 87.5 Å². The van der Waals surface area contributed by atoms with Crippen molar-refractivity contribution in [3.8, 4) is 0 Å². The summed E-state index contributed by atoms with van der Waals surface area (Å²) in [6.45, 7) is 3.05. The Balaban J connectivity index is 1.53. The van der Waals surface area contributed by atoms with Gasteiger partial charge in [0.1, 0.15) is 5.69 Å². The number of β-amino-alcohol motifs (C(OH)–C–C–N with tert-alkyl or cyclic N) is 1. The van der Waals surface area contributed by atoms with Crippen LogP contribution in [0, 0.1) is 6.92 Å². The molecule has 8 heteroatoms. The van der Waals surface area contributed by atoms with E-state index in [-0.39, 0.29) is 30.6 Å². The van der Waals surface area contributed by atoms with Crippen LogP contribution in [0.15, 0.2) is 35.2 Å². The van der Waals surface area contributed by atoms with E-state index in [1.54, 1.807) is 23.7 Å². The van der Waals surface area contributed by atoms with Crippen LogP contribution in [-0.4, -0.2) is 63.6 Å². The van der Waals surface area contributed by atoms with Crippen molar-refractivity contribution in [1.82, 2.24) is 20.0 Å². The molecule has 3 rings (SSSR count). The van der Waals surface area contributed by atoms with E-state index in [1.807, 2.05) is 0 Å². The van der Waals surface area contributed by atoms with Crippen molar-refractivity contribution in [3.63, 3.8) is 0 Å². The summed E-state index contributed by atoms with van der Waals surface area (Å²) < 4.78 is 1.40. The molecule has 0 saturated heterocycles. The average Bonchev–Trinajstić information content (AvgIpc) is 3.02. The van der Waals surface area contributed by atoms with Crippen molar-refractivity contribution in [1.29, 1.82) is 0 Å². The van der Waals surface area contributed by atoms with Gasteiger partial charge in [0.25, 0.3) is 11.8 Å². The second-order valence-corrected chi connectivity index (χ2v) is 7.87. The maximum absolute atomic E-state index is 12.6. The van der Waals surface area contributed by atoms with Crippen LogP contribution in [0.5, 0.6) is 0 Å². The third kappa shape index (κ3) is 4.90. The van der Waals surface area contributed by atoms with Crippen molar-refractivity contribution in [2.24, 2.45) is 0 Å². The third-order valence-electron chi connectivity index (χ3n) is 4.39. The minimum absolute atomic E-state index is 0.185. The molecule has 2 N–H and O–H groups in total. The number of nitrogens with one attached hydrogen (secondary N) is 1. The molecule has 2 aromatic rings. The van der Waals surface area contributed by atoms with Crippen LogP contribution in [0.4, 0.5) is 0 Å². The SMILES string of the molecule is Cc1ccc(SCCCN(C)C(=O)c2cc3n(n2)C[C@H](O)CNC3=O)cc1. The normalized spacial score (nSPS) is 16.4. The monoisotopic (exact) mass is 388 g/mol. The van der Waals surface area contributed by atoms with Crippen LogP contribution in [-0.2, 0) is 6.54 Å². The van der Waals surface area contributed by atoms with E-state index in [4.69, 9.17) is 0 Å². The number of carbonyl (C=O) groups is 2. The zero-order chi connectivity index (χ0) is 19.4. The first-order chi connectivity index (χ1) is 12.9. The largest absolute Gasteiger partial charge is 0.389 e. The number of rotatable bonds is 6. The van der Waals surface area contributed by atoms with Crippen LogP contribution >= 0.6 is 11.8 Å². The number of carbonyl (C=O) groups excluding carboxylic acids is 2. The molecule has 2 heterocycles. The fraction of sp³-hybridized carbons (Fsp3) is 0.421. The molecule has 2 amide bonds. The van der Waals surface area contributed by atoms with Crippen molar-refractivity contribution in [2.45, 2.75) is 30.9 Å². The van der Waals surface area contributed by atoms with Crippen molar-refractivity contribution in [2.75, 3.05) is 25.9 Å². The van der Waals surface area contributed by atoms with E-state index in [0.717, 1.165) is 12.2 Å². The van der Waals surface area contributed by atoms with Gasteiger partial charge >= 0.3 is 0 Å². The fourth-order valence-electron chi connectivity index (χ4n) is 2.83. The van der Waals surface area contributed by atoms with E-state index < -0.39 is 6.10 Å². The van der Waals surface area contributed by atoms with Crippen LogP contribution < -0.4 is 5.32 Å². The molecule has 144 valence electrons. The minimum Gasteiger partial charge on any atom is -0.389 e. The second kappa shape index (κ2) is 8.58. The molecule has 1 aliphatic rings. The standard InChI is InChI=1S/C19H24N4O3S/c1-13-4-6-15(7-5-13)27-9-3-8-22(2)19(26)16-10-17-18(25)20-11-14(24)12-23(17)21-16/h4-7,10,14,24H,3,8-9,11-12H2,1-2H3,(H,20,25)/t14-/m1/s1. The number of thioether (sulfide) groups is 1. The van der Waals surface area contributed by atoms with Gasteiger partial charge in [-0.1, -0.05) is 17.7 Å². The molecule has 0 unspecified atom stereocenters. The lowest BCUT2D eigenvalue weighted by Crippen LogP contribution is -2.30. The van der Waals surface area contributed by atoms with Gasteiger partial charge < -0.3 is 15.3 Å². The molecule has 0 radical (unpaired) electrons. The van der Waals surface area contributed by atoms with Crippen molar-refractivity contribution < 1.29 is 14.7 Å². The highest BCUT2D eigenvalue weighted by atomic mass is 32.2. The molecule has 1 aliphatic heterocycles. The van der Waals surface area contributed by atoms with E-state index in [2.05, 4.69) is 41.6 Å². The van der Waals surface area contributed by atoms with Gasteiger partial charge in [0.15, 0.2) is 5.69 Å². The summed E-state index contributed by atoms with van der Waals surface area (Å²) >= 11 is 1.77. The highest BCUT2D eigenvalue weighted by Crippen LogP contribution is 2.19. The molecular formula is C19H24N4O3S. The smallest absolute Gasteiger partial charge is 0.274 e. The van der Waals surface area contributed by atoms with E-state index in [9.17, 15) is 14.7 Å². The van der Waals surface area contributed by atoms with Crippen molar-refractivity contribution in [3.05, 3.63) is 47.3 Å². The van der Waals surface area contributed by atoms with Gasteiger partial charge in [-0.2, -0.15) is 5.10 Å². The summed E-state index contributed by atoms with van der Waals surface area (Å²) in [5, 5.41) is 16.6. The summed E-state index contributed by atoms with van der Waals surface area (Å²) in [5.74, 6) is 0.364. The second-order valence-electron chi connectivity index (χ2n) is 6.70. The van der Waals surface area contributed by atoms with Crippen LogP contribution in [0.2, 0.25) is 0 Å². The van der Waals surface area contributed by atoms with Crippen molar-refractivity contribution >= 4 is 23.6 Å². The quantitative estimate of drug-likeness (QED) is 0.579. The Morgan fingerprint density at radius 1 is 1.41 bits per heavy atom. The third-order valence-corrected chi connectivity index (χ3v) is 5.49. The van der Waals surface area contributed by atoms with Gasteiger partial charge in [0.05, 0.1) is 12.6 Å². The van der Waals surface area contributed by atoms with Crippen LogP contribution in [0.3, 0.4) is 0 Å². The number of aromatic nitrogens is 2. The molecule has 0 aliphatic carbocycles. The molecule has 1 atom stereocenters. The van der Waals surface area contributed by atoms with Crippen LogP contribution in [0.25, 0.3) is 0 Å². The number of hydrogen-bond acceptors (Lipinski definition) is 5. The van der Waals surface area contributed by atoms with Gasteiger partial charge in [0.2, 0.25) is 0 Å². The molecule has 0 fully saturated rings. The summed E-state index contributed by atoms with van der Waals surface area (Å²) in [7, 11) is 1.73. The fourth-order valence-corrected chi connectivity index (χ4v) is 3.67. The average molecular weight is 388 g/mol. The van der Waals surface area contributed by atoms with E-state index in [0.29, 0.717) is 12.2 Å². The van der Waals surface area contributed by atoms with Gasteiger partial charge in [-0.25, -0.2) is 0 Å². The van der Waals surface area contributed by atoms with Crippen LogP contribution in [0.1, 0.15) is 33.0 Å². The number of aliphatic hydroxyl groups excluding tert-OH is 1. The summed E-state index contributed by atoms with van der Waals surface area (Å²) in [6, 6.07) is 9.88. The number of aryl methyl sites for hydroxylation is 1. The molecule has 1 aromatic carbocycles. The predicted molar refractivity (Wildman–Crippen MR) is 104 cm³/mol. The number of hydrogen-bond donors (Lipinski definition) is 2. The first-order valence-corrected chi connectivity index (χ1v) is 9.91. The molecule has 0 saturated carbocycles. The van der Waals surface area contributed by atoms with E-state index >= 15 is 0 Å². The first-order valence-electron chi connectivity index (χ1n) is 8.93. The molecular weight excluding hydrogens is 364 g/mol. The first kappa shape index (κ1) is 19.4. The number of aliphatic hydroxyl groups is 1. The Kier molecular flexibility index (Phi) is 6.18. The maximum Gasteiger partial charge on any atom is 0.274 e. The Bertz CT molecular complexity index is 819. The lowest BCUT2D eigenvalue weighted by Gasteiger charge is -2.15. The van der Waals surface area contributed by atoms with E-state index in [1.165, 1.54) is 21.2 Å². The number of benzene rings is 1. The highest BCUT2D eigenvalue weighted by Gasteiger charge is 2.25. The number of fused-ring (bicyclic) bond motifs is 1. The molecule has 7 nitrogen and oxygen atoms in total. The predicted octanol–water partition coefficient (Wildman–Crippen LogP) is 1.55. The van der Waals surface area contributed by atoms with Gasteiger partial charge in [0, 0.05) is 31.1 Å². The zero-order valence-corrected chi connectivity index (χ0v) is 16.3. The molecule has 1 aromatic heterocycles. The van der Waals surface area contributed by atoms with Gasteiger partial charge in [-0.15, -0.1) is 11.8 Å². The lowest BCUT2D eigenvalue weighted by molar-refractivity contribution is 0.0787. The summed E-state index contributed by atoms with van der Waals surface area (Å²) in [6.07, 6.45) is 0.141. The highest BCUT2D eigenvalue weighted by molar-refractivity contribution is 7.99. The Labute approximate surface area is 162 Å². The summed E-state index contributed by atoms with van der Waals surface area (Å²) in [4.78, 5) is 27.4. The Hall–Kier alpha value is -2.32. The van der Waals surface area contributed by atoms with Gasteiger partial charge in [-0.3, -0.25) is 14.3 Å². The zero-order valence-electron chi connectivity index (χ0n) is 15.5. The number of nitrogens with zero attached hydrogens (tertiary/aromatic N) is 3. The van der Waals surface area contributed by atoms with Gasteiger partial charge in [-0.05, 0) is 31.2 Å². The molecule has 27 heavy (non-hydrogen) atoms. The summed E-state index contributed by atoms with van der Waals surface area (Å²) in [5.41, 5.74) is 1.77. The molecule has 0 bridgehead atoms. The Morgan fingerprint density at radius 3 is 2.89 bits per heavy atom. The number of amides is 2. The maximum atomic E-state index is 12.6. The lowest BCUT2D eigenvalue weighted by atomic mass is 10.2. The molecule has 0 spiro atoms. The Morgan fingerprint density at radius 2 is 2.15 bits per heavy atom.